The Labute approximate surface area is 134 Å². The summed E-state index contributed by atoms with van der Waals surface area (Å²) in [5.74, 6) is 1.06. The Hall–Kier alpha value is -2.13. The predicted molar refractivity (Wildman–Crippen MR) is 89.8 cm³/mol. The van der Waals surface area contributed by atoms with E-state index in [1.165, 1.54) is 0 Å². The fourth-order valence-electron chi connectivity index (χ4n) is 2.55. The fraction of sp³-hybridized carbons (Fsp3) is 0.222. The summed E-state index contributed by atoms with van der Waals surface area (Å²) in [5.41, 5.74) is 2.11. The minimum atomic E-state index is 0.276. The summed E-state index contributed by atoms with van der Waals surface area (Å²) >= 11 is 5.88. The molecule has 2 aromatic carbocycles. The number of phenolic OH excluding ortho intramolecular Hbond substituents is 1. The van der Waals surface area contributed by atoms with Gasteiger partial charge in [0.2, 0.25) is 0 Å². The Bertz CT molecular complexity index is 791. The van der Waals surface area contributed by atoms with Gasteiger partial charge in [-0.1, -0.05) is 11.6 Å². The smallest absolute Gasteiger partial charge is 0.119 e. The predicted octanol–water partition coefficient (Wildman–Crippen LogP) is 5.16. The molecule has 3 rings (SSSR count). The van der Waals surface area contributed by atoms with Crippen LogP contribution in [0.2, 0.25) is 5.02 Å². The van der Waals surface area contributed by atoms with Gasteiger partial charge < -0.3 is 14.4 Å². The summed E-state index contributed by atoms with van der Waals surface area (Å²) in [5, 5.41) is 11.5. The third-order valence-electron chi connectivity index (χ3n) is 3.66. The van der Waals surface area contributed by atoms with Gasteiger partial charge in [0, 0.05) is 34.3 Å². The first-order valence-corrected chi connectivity index (χ1v) is 7.63. The second-order valence-corrected chi connectivity index (χ2v) is 6.04. The molecule has 0 radical (unpaired) electrons. The highest BCUT2D eigenvalue weighted by molar-refractivity contribution is 6.30. The third-order valence-corrected chi connectivity index (χ3v) is 3.92. The molecule has 0 amide bonds. The van der Waals surface area contributed by atoms with Crippen molar-refractivity contribution in [1.82, 2.24) is 4.57 Å². The van der Waals surface area contributed by atoms with Crippen LogP contribution in [0.3, 0.4) is 0 Å². The highest BCUT2D eigenvalue weighted by Gasteiger charge is 2.12. The number of hydrogen-bond donors (Lipinski definition) is 1. The molecule has 3 aromatic rings. The molecule has 22 heavy (non-hydrogen) atoms. The average molecular weight is 316 g/mol. The number of fused-ring (bicyclic) bond motifs is 1. The largest absolute Gasteiger partial charge is 0.508 e. The molecular formula is C18H18ClNO2. The van der Waals surface area contributed by atoms with Crippen LogP contribution in [0.4, 0.5) is 0 Å². The molecule has 0 aliphatic heterocycles. The Morgan fingerprint density at radius 3 is 2.55 bits per heavy atom. The lowest BCUT2D eigenvalue weighted by atomic mass is 10.2. The zero-order chi connectivity index (χ0) is 15.7. The standard InChI is InChI=1S/C18H18ClNO2/c1-12(2)20-10-13(17-8-5-15(21)9-18(17)20)11-22-16-6-3-14(19)4-7-16/h3-10,12,21H,11H2,1-2H3. The molecule has 114 valence electrons. The molecule has 1 heterocycles. The van der Waals surface area contributed by atoms with E-state index < -0.39 is 0 Å². The Kier molecular flexibility index (Phi) is 3.99. The lowest BCUT2D eigenvalue weighted by Gasteiger charge is -2.08. The van der Waals surface area contributed by atoms with E-state index >= 15 is 0 Å². The third kappa shape index (κ3) is 2.90. The van der Waals surface area contributed by atoms with Crippen molar-refractivity contribution in [3.8, 4) is 11.5 Å². The van der Waals surface area contributed by atoms with Crippen molar-refractivity contribution >= 4 is 22.5 Å². The minimum Gasteiger partial charge on any atom is -0.508 e. The molecule has 3 nitrogen and oxygen atoms in total. The molecule has 4 heteroatoms. The number of rotatable bonds is 4. The van der Waals surface area contributed by atoms with Crippen LogP contribution in [-0.4, -0.2) is 9.67 Å². The highest BCUT2D eigenvalue weighted by atomic mass is 35.5. The van der Waals surface area contributed by atoms with E-state index in [-0.39, 0.29) is 5.75 Å². The lowest BCUT2D eigenvalue weighted by Crippen LogP contribution is -1.98. The summed E-state index contributed by atoms with van der Waals surface area (Å²) in [6.45, 7) is 4.71. The molecule has 1 N–H and O–H groups in total. The first kappa shape index (κ1) is 14.8. The number of halogens is 1. The van der Waals surface area contributed by atoms with Crippen LogP contribution in [0.5, 0.6) is 11.5 Å². The molecule has 0 spiro atoms. The lowest BCUT2D eigenvalue weighted by molar-refractivity contribution is 0.307. The zero-order valence-corrected chi connectivity index (χ0v) is 13.3. The molecule has 0 aliphatic rings. The van der Waals surface area contributed by atoms with E-state index in [1.807, 2.05) is 30.3 Å². The zero-order valence-electron chi connectivity index (χ0n) is 12.6. The molecule has 0 fully saturated rings. The van der Waals surface area contributed by atoms with Crippen LogP contribution in [0.1, 0.15) is 25.5 Å². The van der Waals surface area contributed by atoms with Crippen molar-refractivity contribution in [3.63, 3.8) is 0 Å². The van der Waals surface area contributed by atoms with Gasteiger partial charge in [-0.15, -0.1) is 0 Å². The van der Waals surface area contributed by atoms with Gasteiger partial charge >= 0.3 is 0 Å². The summed E-state index contributed by atoms with van der Waals surface area (Å²) in [4.78, 5) is 0. The monoisotopic (exact) mass is 315 g/mol. The van der Waals surface area contributed by atoms with Gasteiger partial charge in [-0.25, -0.2) is 0 Å². The van der Waals surface area contributed by atoms with E-state index in [2.05, 4.69) is 24.6 Å². The van der Waals surface area contributed by atoms with E-state index in [0.717, 1.165) is 22.2 Å². The molecule has 0 atom stereocenters. The SMILES string of the molecule is CC(C)n1cc(COc2ccc(Cl)cc2)c2ccc(O)cc21. The van der Waals surface area contributed by atoms with Gasteiger partial charge in [0.1, 0.15) is 18.1 Å². The van der Waals surface area contributed by atoms with E-state index in [0.29, 0.717) is 17.7 Å². The average Bonchev–Trinajstić information content (AvgIpc) is 2.85. The summed E-state index contributed by atoms with van der Waals surface area (Å²) < 4.78 is 7.99. The molecule has 0 saturated heterocycles. The number of nitrogens with zero attached hydrogens (tertiary/aromatic N) is 1. The number of benzene rings is 2. The van der Waals surface area contributed by atoms with Gasteiger partial charge in [0.25, 0.3) is 0 Å². The summed E-state index contributed by atoms with van der Waals surface area (Å²) in [6.07, 6.45) is 2.09. The maximum absolute atomic E-state index is 9.72. The van der Waals surface area contributed by atoms with Crippen molar-refractivity contribution < 1.29 is 9.84 Å². The number of phenols is 1. The summed E-state index contributed by atoms with van der Waals surface area (Å²) in [7, 11) is 0. The molecule has 0 aliphatic carbocycles. The Balaban J connectivity index is 1.91. The number of aromatic hydroxyl groups is 1. The van der Waals surface area contributed by atoms with Crippen molar-refractivity contribution in [2.24, 2.45) is 0 Å². The Morgan fingerprint density at radius 2 is 1.86 bits per heavy atom. The molecule has 0 bridgehead atoms. The molecular weight excluding hydrogens is 298 g/mol. The number of aromatic nitrogens is 1. The van der Waals surface area contributed by atoms with Gasteiger partial charge in [0.15, 0.2) is 0 Å². The van der Waals surface area contributed by atoms with Crippen molar-refractivity contribution in [2.45, 2.75) is 26.5 Å². The number of hydrogen-bond acceptors (Lipinski definition) is 2. The van der Waals surface area contributed by atoms with Gasteiger partial charge in [-0.2, -0.15) is 0 Å². The second-order valence-electron chi connectivity index (χ2n) is 5.60. The molecule has 0 unspecified atom stereocenters. The van der Waals surface area contributed by atoms with Crippen molar-refractivity contribution in [3.05, 3.63) is 59.2 Å². The topological polar surface area (TPSA) is 34.4 Å². The van der Waals surface area contributed by atoms with Crippen molar-refractivity contribution in [1.29, 1.82) is 0 Å². The quantitative estimate of drug-likeness (QED) is 0.721. The number of ether oxygens (including phenoxy) is 1. The maximum atomic E-state index is 9.72. The second kappa shape index (κ2) is 5.93. The van der Waals surface area contributed by atoms with Crippen LogP contribution in [0.15, 0.2) is 48.7 Å². The first-order valence-electron chi connectivity index (χ1n) is 7.25. The van der Waals surface area contributed by atoms with Crippen LogP contribution >= 0.6 is 11.6 Å². The van der Waals surface area contributed by atoms with Crippen LogP contribution < -0.4 is 4.74 Å². The first-order chi connectivity index (χ1) is 10.5. The normalized spacial score (nSPS) is 11.3. The van der Waals surface area contributed by atoms with Gasteiger partial charge in [-0.3, -0.25) is 0 Å². The van der Waals surface area contributed by atoms with Crippen molar-refractivity contribution in [2.75, 3.05) is 0 Å². The summed E-state index contributed by atoms with van der Waals surface area (Å²) in [6, 6.07) is 13.1. The van der Waals surface area contributed by atoms with E-state index in [1.54, 1.807) is 12.1 Å². The molecule has 0 saturated carbocycles. The fourth-order valence-corrected chi connectivity index (χ4v) is 2.67. The van der Waals surface area contributed by atoms with E-state index in [4.69, 9.17) is 16.3 Å². The minimum absolute atomic E-state index is 0.276. The Morgan fingerprint density at radius 1 is 1.14 bits per heavy atom. The molecule has 1 aromatic heterocycles. The maximum Gasteiger partial charge on any atom is 0.119 e. The highest BCUT2D eigenvalue weighted by Crippen LogP contribution is 2.29. The van der Waals surface area contributed by atoms with Crippen LogP contribution in [0, 0.1) is 0 Å². The van der Waals surface area contributed by atoms with Crippen LogP contribution in [0.25, 0.3) is 10.9 Å². The van der Waals surface area contributed by atoms with E-state index in [9.17, 15) is 5.11 Å². The van der Waals surface area contributed by atoms with Crippen LogP contribution in [-0.2, 0) is 6.61 Å². The van der Waals surface area contributed by atoms with Gasteiger partial charge in [0.05, 0.1) is 5.52 Å². The van der Waals surface area contributed by atoms with Gasteiger partial charge in [-0.05, 0) is 50.2 Å².